The van der Waals surface area contributed by atoms with E-state index in [2.05, 4.69) is 5.32 Å². The molecule has 0 spiro atoms. The van der Waals surface area contributed by atoms with Crippen LogP contribution in [0.3, 0.4) is 0 Å². The maximum Gasteiger partial charge on any atom is 0.241 e. The van der Waals surface area contributed by atoms with E-state index in [1.165, 1.54) is 25.3 Å². The quantitative estimate of drug-likeness (QED) is 0.886. The van der Waals surface area contributed by atoms with Gasteiger partial charge in [0, 0.05) is 11.8 Å². The third-order valence-corrected chi connectivity index (χ3v) is 2.44. The molecule has 1 rings (SSSR count). The van der Waals surface area contributed by atoms with Gasteiger partial charge in [-0.25, -0.2) is 4.39 Å². The second kappa shape index (κ2) is 7.18. The number of nitrogens with two attached hydrogens (primary N) is 1. The van der Waals surface area contributed by atoms with Crippen LogP contribution in [0.2, 0.25) is 0 Å². The molecule has 0 saturated heterocycles. The molecule has 3 N–H and O–H groups in total. The van der Waals surface area contributed by atoms with E-state index >= 15 is 0 Å². The molecule has 0 aliphatic carbocycles. The lowest BCUT2D eigenvalue weighted by atomic mass is 10.0. The van der Waals surface area contributed by atoms with Crippen molar-refractivity contribution >= 4 is 24.0 Å². The monoisotopic (exact) mass is 276 g/mol. The molecule has 1 atom stereocenters. The summed E-state index contributed by atoms with van der Waals surface area (Å²) in [7, 11) is 1.36. The molecule has 1 aromatic rings. The van der Waals surface area contributed by atoms with Gasteiger partial charge in [-0.05, 0) is 18.1 Å². The largest absolute Gasteiger partial charge is 0.494 e. The van der Waals surface area contributed by atoms with E-state index in [4.69, 9.17) is 10.5 Å². The van der Waals surface area contributed by atoms with E-state index < -0.39 is 11.9 Å². The van der Waals surface area contributed by atoms with Crippen molar-refractivity contribution in [3.8, 4) is 5.75 Å². The van der Waals surface area contributed by atoms with Gasteiger partial charge in [0.15, 0.2) is 11.6 Å². The fraction of sp³-hybridized carbons (Fsp3) is 0.417. The highest BCUT2D eigenvalue weighted by atomic mass is 35.5. The van der Waals surface area contributed by atoms with E-state index in [9.17, 15) is 9.18 Å². The van der Waals surface area contributed by atoms with Gasteiger partial charge in [0.25, 0.3) is 0 Å². The Morgan fingerprint density at radius 2 is 2.06 bits per heavy atom. The zero-order valence-electron chi connectivity index (χ0n) is 10.6. The van der Waals surface area contributed by atoms with Gasteiger partial charge >= 0.3 is 0 Å². The third kappa shape index (κ3) is 4.16. The minimum Gasteiger partial charge on any atom is -0.494 e. The van der Waals surface area contributed by atoms with Gasteiger partial charge in [-0.2, -0.15) is 0 Å². The van der Waals surface area contributed by atoms with Crippen LogP contribution in [0.4, 0.5) is 10.1 Å². The second-order valence-electron chi connectivity index (χ2n) is 4.11. The molecule has 18 heavy (non-hydrogen) atoms. The number of amides is 1. The second-order valence-corrected chi connectivity index (χ2v) is 4.11. The number of hydrogen-bond acceptors (Lipinski definition) is 3. The smallest absolute Gasteiger partial charge is 0.241 e. The lowest BCUT2D eigenvalue weighted by molar-refractivity contribution is -0.118. The SMILES string of the molecule is COc1cc(NC(=O)[C@H](N)C(C)C)ccc1F.Cl. The summed E-state index contributed by atoms with van der Waals surface area (Å²) >= 11 is 0. The van der Waals surface area contributed by atoms with Crippen molar-refractivity contribution in [1.29, 1.82) is 0 Å². The summed E-state index contributed by atoms with van der Waals surface area (Å²) in [5, 5.41) is 2.61. The zero-order chi connectivity index (χ0) is 13.0. The molecule has 0 unspecified atom stereocenters. The summed E-state index contributed by atoms with van der Waals surface area (Å²) in [5.41, 5.74) is 6.15. The Bertz CT molecular complexity index is 413. The van der Waals surface area contributed by atoms with Crippen LogP contribution in [0.15, 0.2) is 18.2 Å². The number of carbonyl (C=O) groups excluding carboxylic acids is 1. The Morgan fingerprint density at radius 1 is 1.44 bits per heavy atom. The number of methoxy groups -OCH3 is 1. The summed E-state index contributed by atoms with van der Waals surface area (Å²) in [6, 6.07) is 3.52. The molecule has 6 heteroatoms. The molecule has 0 aliphatic heterocycles. The van der Waals surface area contributed by atoms with Crippen LogP contribution < -0.4 is 15.8 Å². The molecule has 102 valence electrons. The Balaban J connectivity index is 0.00000289. The maximum atomic E-state index is 13.1. The summed E-state index contributed by atoms with van der Waals surface area (Å²) in [5.74, 6) is -0.648. The lowest BCUT2D eigenvalue weighted by Crippen LogP contribution is -2.39. The van der Waals surface area contributed by atoms with Gasteiger partial charge in [0.05, 0.1) is 13.2 Å². The van der Waals surface area contributed by atoms with Crippen LogP contribution in [0.25, 0.3) is 0 Å². The van der Waals surface area contributed by atoms with Crippen molar-refractivity contribution in [2.75, 3.05) is 12.4 Å². The Labute approximate surface area is 112 Å². The Kier molecular flexibility index (Phi) is 6.65. The molecule has 4 nitrogen and oxygen atoms in total. The van der Waals surface area contributed by atoms with Crippen LogP contribution in [0.1, 0.15) is 13.8 Å². The standard InChI is InChI=1S/C12H17FN2O2.ClH/c1-7(2)11(14)12(16)15-8-4-5-9(13)10(6-8)17-3;/h4-7,11H,14H2,1-3H3,(H,15,16);1H/t11-;/m1./s1. The van der Waals surface area contributed by atoms with Gasteiger partial charge in [0.1, 0.15) is 0 Å². The summed E-state index contributed by atoms with van der Waals surface area (Å²) < 4.78 is 17.9. The number of anilines is 1. The average molecular weight is 277 g/mol. The van der Waals surface area contributed by atoms with Gasteiger partial charge in [0.2, 0.25) is 5.91 Å². The summed E-state index contributed by atoms with van der Waals surface area (Å²) in [6.45, 7) is 3.71. The molecule has 1 aromatic carbocycles. The summed E-state index contributed by atoms with van der Waals surface area (Å²) in [6.07, 6.45) is 0. The van der Waals surface area contributed by atoms with Crippen LogP contribution in [-0.2, 0) is 4.79 Å². The highest BCUT2D eigenvalue weighted by molar-refractivity contribution is 5.95. The van der Waals surface area contributed by atoms with Crippen molar-refractivity contribution in [3.05, 3.63) is 24.0 Å². The third-order valence-electron chi connectivity index (χ3n) is 2.44. The fourth-order valence-electron chi connectivity index (χ4n) is 1.27. The predicted octanol–water partition coefficient (Wildman–Crippen LogP) is 2.18. The molecular formula is C12H18ClFN2O2. The van der Waals surface area contributed by atoms with Crippen molar-refractivity contribution in [2.24, 2.45) is 11.7 Å². The van der Waals surface area contributed by atoms with Crippen LogP contribution in [-0.4, -0.2) is 19.1 Å². The first-order chi connectivity index (χ1) is 7.95. The first kappa shape index (κ1) is 16.7. The molecule has 0 fully saturated rings. The van der Waals surface area contributed by atoms with Crippen LogP contribution >= 0.6 is 12.4 Å². The number of benzene rings is 1. The van der Waals surface area contributed by atoms with Gasteiger partial charge in [-0.3, -0.25) is 4.79 Å². The topological polar surface area (TPSA) is 64.3 Å². The number of carbonyl (C=O) groups is 1. The van der Waals surface area contributed by atoms with Gasteiger partial charge in [-0.1, -0.05) is 13.8 Å². The molecule has 0 aliphatic rings. The summed E-state index contributed by atoms with van der Waals surface area (Å²) in [4.78, 5) is 11.7. The van der Waals surface area contributed by atoms with Crippen molar-refractivity contribution in [3.63, 3.8) is 0 Å². The van der Waals surface area contributed by atoms with E-state index in [1.54, 1.807) is 0 Å². The van der Waals surface area contributed by atoms with Crippen LogP contribution in [0.5, 0.6) is 5.75 Å². The Morgan fingerprint density at radius 3 is 2.56 bits per heavy atom. The molecule has 0 bridgehead atoms. The highest BCUT2D eigenvalue weighted by Crippen LogP contribution is 2.21. The molecule has 0 saturated carbocycles. The average Bonchev–Trinajstić information content (AvgIpc) is 2.30. The molecule has 0 radical (unpaired) electrons. The van der Waals surface area contributed by atoms with Crippen molar-refractivity contribution in [1.82, 2.24) is 0 Å². The van der Waals surface area contributed by atoms with E-state index in [0.717, 1.165) is 0 Å². The number of halogens is 2. The van der Waals surface area contributed by atoms with Gasteiger partial charge < -0.3 is 15.8 Å². The minimum atomic E-state index is -0.592. The first-order valence-corrected chi connectivity index (χ1v) is 5.35. The van der Waals surface area contributed by atoms with Crippen LogP contribution in [0, 0.1) is 11.7 Å². The molecule has 0 heterocycles. The molecular weight excluding hydrogens is 259 g/mol. The highest BCUT2D eigenvalue weighted by Gasteiger charge is 2.17. The lowest BCUT2D eigenvalue weighted by Gasteiger charge is -2.15. The maximum absolute atomic E-state index is 13.1. The number of hydrogen-bond donors (Lipinski definition) is 2. The van der Waals surface area contributed by atoms with E-state index in [1.807, 2.05) is 13.8 Å². The van der Waals surface area contributed by atoms with E-state index in [0.29, 0.717) is 5.69 Å². The van der Waals surface area contributed by atoms with Gasteiger partial charge in [-0.15, -0.1) is 12.4 Å². The Hall–Kier alpha value is -1.33. The van der Waals surface area contributed by atoms with E-state index in [-0.39, 0.29) is 30.0 Å². The predicted molar refractivity (Wildman–Crippen MR) is 71.6 cm³/mol. The number of rotatable bonds is 4. The number of nitrogens with one attached hydrogen (secondary N) is 1. The number of ether oxygens (including phenoxy) is 1. The van der Waals surface area contributed by atoms with Crippen molar-refractivity contribution < 1.29 is 13.9 Å². The fourth-order valence-corrected chi connectivity index (χ4v) is 1.27. The molecule has 1 amide bonds. The van der Waals surface area contributed by atoms with Crippen molar-refractivity contribution in [2.45, 2.75) is 19.9 Å². The normalized spacial score (nSPS) is 11.7. The minimum absolute atomic E-state index is 0. The molecule has 0 aromatic heterocycles. The first-order valence-electron chi connectivity index (χ1n) is 5.35. The zero-order valence-corrected chi connectivity index (χ0v) is 11.4.